The number of nitrogens with zero attached hydrogens (tertiary/aromatic N) is 1. The number of hydrogen-bond acceptors (Lipinski definition) is 6. The standard InChI is InChI=1S/C20H22ClF2N3O6/c1-11-4-2-3-7-20(11)17(29)26(19(30)25-20)9-16(28)31-10-15(27)24-12-5-6-14(13(21)8-12)32-18(22)23/h5-6,8,11,18H,2-4,7,9-10H2,1H3,(H,24,27)(H,25,30). The van der Waals surface area contributed by atoms with Crippen molar-refractivity contribution in [2.24, 2.45) is 5.92 Å². The number of urea groups is 1. The van der Waals surface area contributed by atoms with Gasteiger partial charge in [-0.25, -0.2) is 4.79 Å². The van der Waals surface area contributed by atoms with Crippen molar-refractivity contribution in [3.8, 4) is 5.75 Å². The molecule has 2 unspecified atom stereocenters. The number of rotatable bonds is 7. The van der Waals surface area contributed by atoms with Crippen LogP contribution in [-0.2, 0) is 19.1 Å². The molecule has 1 aliphatic heterocycles. The van der Waals surface area contributed by atoms with Crippen LogP contribution in [0.25, 0.3) is 0 Å². The first-order chi connectivity index (χ1) is 15.1. The molecule has 1 aromatic carbocycles. The predicted molar refractivity (Wildman–Crippen MR) is 108 cm³/mol. The molecule has 32 heavy (non-hydrogen) atoms. The quantitative estimate of drug-likeness (QED) is 0.465. The highest BCUT2D eigenvalue weighted by Crippen LogP contribution is 2.38. The van der Waals surface area contributed by atoms with E-state index in [9.17, 15) is 28.0 Å². The Labute approximate surface area is 187 Å². The smallest absolute Gasteiger partial charge is 0.387 e. The van der Waals surface area contributed by atoms with Crippen molar-refractivity contribution in [2.75, 3.05) is 18.5 Å². The second kappa shape index (κ2) is 9.68. The molecule has 3 rings (SSSR count). The van der Waals surface area contributed by atoms with Crippen LogP contribution in [0.15, 0.2) is 18.2 Å². The fraction of sp³-hybridized carbons (Fsp3) is 0.500. The molecule has 1 saturated heterocycles. The van der Waals surface area contributed by atoms with Gasteiger partial charge in [0.25, 0.3) is 11.8 Å². The lowest BCUT2D eigenvalue weighted by atomic mass is 9.73. The topological polar surface area (TPSA) is 114 Å². The lowest BCUT2D eigenvalue weighted by Gasteiger charge is -2.36. The Hall–Kier alpha value is -2.95. The molecule has 2 aliphatic rings. The van der Waals surface area contributed by atoms with Crippen molar-refractivity contribution in [3.63, 3.8) is 0 Å². The van der Waals surface area contributed by atoms with Crippen LogP contribution in [0.4, 0.5) is 19.3 Å². The number of imide groups is 1. The number of nitrogens with one attached hydrogen (secondary N) is 2. The minimum Gasteiger partial charge on any atom is -0.454 e. The highest BCUT2D eigenvalue weighted by molar-refractivity contribution is 6.32. The molecule has 1 spiro atoms. The van der Waals surface area contributed by atoms with E-state index in [0.717, 1.165) is 30.2 Å². The van der Waals surface area contributed by atoms with E-state index in [2.05, 4.69) is 15.4 Å². The molecule has 4 amide bonds. The summed E-state index contributed by atoms with van der Waals surface area (Å²) in [5.74, 6) is -2.43. The summed E-state index contributed by atoms with van der Waals surface area (Å²) in [5.41, 5.74) is -0.827. The van der Waals surface area contributed by atoms with Gasteiger partial charge in [-0.1, -0.05) is 31.4 Å². The minimum absolute atomic E-state index is 0.0520. The molecule has 0 bridgehead atoms. The van der Waals surface area contributed by atoms with Crippen molar-refractivity contribution < 1.29 is 37.4 Å². The second-order valence-electron chi connectivity index (χ2n) is 7.67. The number of benzene rings is 1. The van der Waals surface area contributed by atoms with Crippen LogP contribution in [0, 0.1) is 5.92 Å². The Balaban J connectivity index is 1.50. The molecular weight excluding hydrogens is 452 g/mol. The number of carbonyl (C=O) groups is 4. The molecule has 2 N–H and O–H groups in total. The number of alkyl halides is 2. The maximum atomic E-state index is 12.8. The number of amides is 4. The van der Waals surface area contributed by atoms with Crippen LogP contribution < -0.4 is 15.4 Å². The van der Waals surface area contributed by atoms with Crippen molar-refractivity contribution in [2.45, 2.75) is 44.8 Å². The maximum Gasteiger partial charge on any atom is 0.387 e. The fourth-order valence-corrected chi connectivity index (χ4v) is 4.15. The van der Waals surface area contributed by atoms with Crippen LogP contribution in [0.3, 0.4) is 0 Å². The van der Waals surface area contributed by atoms with Crippen LogP contribution in [0.2, 0.25) is 5.02 Å². The normalized spacial score (nSPS) is 22.8. The molecule has 9 nitrogen and oxygen atoms in total. The van der Waals surface area contributed by atoms with Gasteiger partial charge >= 0.3 is 18.6 Å². The lowest BCUT2D eigenvalue weighted by molar-refractivity contribution is -0.150. The number of hydrogen-bond donors (Lipinski definition) is 2. The molecule has 12 heteroatoms. The van der Waals surface area contributed by atoms with E-state index in [0.29, 0.717) is 6.42 Å². The molecule has 1 heterocycles. The van der Waals surface area contributed by atoms with Gasteiger partial charge in [-0.15, -0.1) is 0 Å². The van der Waals surface area contributed by atoms with E-state index in [1.807, 2.05) is 6.92 Å². The number of anilines is 1. The third kappa shape index (κ3) is 5.09. The fourth-order valence-electron chi connectivity index (χ4n) is 3.93. The van der Waals surface area contributed by atoms with Crippen molar-refractivity contribution in [1.29, 1.82) is 0 Å². The summed E-state index contributed by atoms with van der Waals surface area (Å²) in [6.45, 7) is -2.45. The summed E-state index contributed by atoms with van der Waals surface area (Å²) >= 11 is 5.81. The molecule has 0 radical (unpaired) electrons. The second-order valence-corrected chi connectivity index (χ2v) is 8.08. The van der Waals surface area contributed by atoms with Gasteiger partial charge < -0.3 is 20.1 Å². The Kier molecular flexibility index (Phi) is 7.17. The van der Waals surface area contributed by atoms with Gasteiger partial charge in [0.05, 0.1) is 5.02 Å². The van der Waals surface area contributed by atoms with Crippen LogP contribution in [0.5, 0.6) is 5.75 Å². The van der Waals surface area contributed by atoms with Gasteiger partial charge in [0.2, 0.25) is 0 Å². The van der Waals surface area contributed by atoms with Crippen LogP contribution in [-0.4, -0.2) is 54.0 Å². The molecule has 1 saturated carbocycles. The van der Waals surface area contributed by atoms with Crippen LogP contribution >= 0.6 is 11.6 Å². The summed E-state index contributed by atoms with van der Waals surface area (Å²) in [6, 6.07) is 2.96. The summed E-state index contributed by atoms with van der Waals surface area (Å²) in [6.07, 6.45) is 3.07. The summed E-state index contributed by atoms with van der Waals surface area (Å²) in [7, 11) is 0. The van der Waals surface area contributed by atoms with Crippen molar-refractivity contribution >= 4 is 41.1 Å². The van der Waals surface area contributed by atoms with Gasteiger partial charge in [-0.2, -0.15) is 8.78 Å². The first kappa shape index (κ1) is 23.7. The highest BCUT2D eigenvalue weighted by atomic mass is 35.5. The molecular formula is C20H22ClF2N3O6. The molecule has 2 atom stereocenters. The molecule has 0 aromatic heterocycles. The van der Waals surface area contributed by atoms with E-state index in [-0.39, 0.29) is 22.4 Å². The lowest BCUT2D eigenvalue weighted by Crippen LogP contribution is -2.54. The first-order valence-corrected chi connectivity index (χ1v) is 10.3. The van der Waals surface area contributed by atoms with Crippen LogP contribution in [0.1, 0.15) is 32.6 Å². The van der Waals surface area contributed by atoms with Gasteiger partial charge in [0.1, 0.15) is 17.8 Å². The molecule has 1 aliphatic carbocycles. The summed E-state index contributed by atoms with van der Waals surface area (Å²) in [4.78, 5) is 50.0. The molecule has 2 fully saturated rings. The average molecular weight is 474 g/mol. The third-order valence-corrected chi connectivity index (χ3v) is 5.88. The van der Waals surface area contributed by atoms with E-state index < -0.39 is 49.1 Å². The average Bonchev–Trinajstić information content (AvgIpc) is 2.95. The Morgan fingerprint density at radius 3 is 2.75 bits per heavy atom. The number of carbonyl (C=O) groups excluding carboxylic acids is 4. The maximum absolute atomic E-state index is 12.8. The van der Waals surface area contributed by atoms with Gasteiger partial charge in [0, 0.05) is 5.69 Å². The monoisotopic (exact) mass is 473 g/mol. The van der Waals surface area contributed by atoms with Crippen molar-refractivity contribution in [3.05, 3.63) is 23.2 Å². The van der Waals surface area contributed by atoms with Gasteiger partial charge in [-0.05, 0) is 37.0 Å². The highest BCUT2D eigenvalue weighted by Gasteiger charge is 2.55. The number of esters is 1. The van der Waals surface area contributed by atoms with Crippen molar-refractivity contribution in [1.82, 2.24) is 10.2 Å². The van der Waals surface area contributed by atoms with E-state index >= 15 is 0 Å². The van der Waals surface area contributed by atoms with E-state index in [1.165, 1.54) is 12.1 Å². The number of halogens is 3. The SMILES string of the molecule is CC1CCCCC12NC(=O)N(CC(=O)OCC(=O)Nc1ccc(OC(F)F)c(Cl)c1)C2=O. The zero-order chi connectivity index (χ0) is 23.5. The molecule has 174 valence electrons. The molecule has 1 aromatic rings. The summed E-state index contributed by atoms with van der Waals surface area (Å²) in [5, 5.41) is 4.95. The third-order valence-electron chi connectivity index (χ3n) is 5.58. The zero-order valence-corrected chi connectivity index (χ0v) is 17.9. The summed E-state index contributed by atoms with van der Waals surface area (Å²) < 4.78 is 33.6. The largest absolute Gasteiger partial charge is 0.454 e. The minimum atomic E-state index is -3.05. The Morgan fingerprint density at radius 1 is 1.34 bits per heavy atom. The zero-order valence-electron chi connectivity index (χ0n) is 17.2. The van der Waals surface area contributed by atoms with E-state index in [4.69, 9.17) is 16.3 Å². The van der Waals surface area contributed by atoms with Gasteiger partial charge in [0.15, 0.2) is 6.61 Å². The van der Waals surface area contributed by atoms with Gasteiger partial charge in [-0.3, -0.25) is 19.3 Å². The Bertz CT molecular complexity index is 931. The van der Waals surface area contributed by atoms with E-state index in [1.54, 1.807) is 0 Å². The number of ether oxygens (including phenoxy) is 2. The first-order valence-electron chi connectivity index (χ1n) is 9.96. The predicted octanol–water partition coefficient (Wildman–Crippen LogP) is 2.92. The Morgan fingerprint density at radius 2 is 2.09 bits per heavy atom.